The van der Waals surface area contributed by atoms with E-state index >= 15 is 0 Å². The lowest BCUT2D eigenvalue weighted by atomic mass is 10.3. The Balaban J connectivity index is 3.39. The number of hydrogen-bond acceptors (Lipinski definition) is 2. The van der Waals surface area contributed by atoms with Crippen LogP contribution in [0, 0.1) is 11.6 Å². The highest BCUT2D eigenvalue weighted by Gasteiger charge is 2.14. The Labute approximate surface area is 72.9 Å². The van der Waals surface area contributed by atoms with Crippen LogP contribution in [0.15, 0.2) is 6.07 Å². The Hall–Kier alpha value is -1.03. The highest BCUT2D eigenvalue weighted by molar-refractivity contribution is 6.32. The molecule has 0 fully saturated rings. The predicted octanol–water partition coefficient (Wildman–Crippen LogP) is 2.21. The Morgan fingerprint density at radius 1 is 1.50 bits per heavy atom. The first-order valence-corrected chi connectivity index (χ1v) is 3.42. The maximum Gasteiger partial charge on any atom is 0.171 e. The van der Waals surface area contributed by atoms with E-state index in [2.05, 4.69) is 4.74 Å². The van der Waals surface area contributed by atoms with E-state index in [-0.39, 0.29) is 10.8 Å². The molecule has 2 N–H and O–H groups in total. The molecular formula is C7H6ClF2NO. The summed E-state index contributed by atoms with van der Waals surface area (Å²) in [5.41, 5.74) is 4.42. The van der Waals surface area contributed by atoms with Gasteiger partial charge in [0.05, 0.1) is 7.11 Å². The predicted molar refractivity (Wildman–Crippen MR) is 42.3 cm³/mol. The number of ether oxygens (including phenoxy) is 1. The molecule has 0 aliphatic carbocycles. The molecule has 0 amide bonds. The zero-order valence-electron chi connectivity index (χ0n) is 6.20. The van der Waals surface area contributed by atoms with Gasteiger partial charge in [-0.15, -0.1) is 0 Å². The van der Waals surface area contributed by atoms with Crippen LogP contribution in [0.1, 0.15) is 0 Å². The van der Waals surface area contributed by atoms with E-state index in [9.17, 15) is 8.78 Å². The van der Waals surface area contributed by atoms with Gasteiger partial charge in [0, 0.05) is 6.07 Å². The molecule has 0 aliphatic rings. The van der Waals surface area contributed by atoms with Crippen molar-refractivity contribution in [3.8, 4) is 5.75 Å². The largest absolute Gasteiger partial charge is 0.495 e. The number of nitrogens with two attached hydrogens (primary N) is 1. The van der Waals surface area contributed by atoms with Crippen molar-refractivity contribution in [3.63, 3.8) is 0 Å². The van der Waals surface area contributed by atoms with Crippen molar-refractivity contribution < 1.29 is 13.5 Å². The van der Waals surface area contributed by atoms with Gasteiger partial charge in [-0.05, 0) is 0 Å². The summed E-state index contributed by atoms with van der Waals surface area (Å²) in [5, 5.41) is -0.309. The smallest absolute Gasteiger partial charge is 0.171 e. The SMILES string of the molecule is COc1cc(F)c(N)c(F)c1Cl. The number of rotatable bonds is 1. The average molecular weight is 194 g/mol. The number of hydrogen-bond donors (Lipinski definition) is 1. The second-order valence-corrected chi connectivity index (χ2v) is 2.48. The van der Waals surface area contributed by atoms with Crippen LogP contribution in [0.2, 0.25) is 5.02 Å². The van der Waals surface area contributed by atoms with Crippen molar-refractivity contribution in [1.82, 2.24) is 0 Å². The normalized spacial score (nSPS) is 10.0. The minimum Gasteiger partial charge on any atom is -0.495 e. The Bertz CT molecular complexity index is 317. The lowest BCUT2D eigenvalue weighted by Crippen LogP contribution is -1.98. The molecule has 0 atom stereocenters. The first-order valence-electron chi connectivity index (χ1n) is 3.05. The number of halogens is 3. The van der Waals surface area contributed by atoms with Crippen molar-refractivity contribution in [2.24, 2.45) is 0 Å². The first-order chi connectivity index (χ1) is 5.57. The van der Waals surface area contributed by atoms with Crippen molar-refractivity contribution in [2.75, 3.05) is 12.8 Å². The Morgan fingerprint density at radius 2 is 2.08 bits per heavy atom. The van der Waals surface area contributed by atoms with Gasteiger partial charge in [0.15, 0.2) is 11.6 Å². The third kappa shape index (κ3) is 1.30. The van der Waals surface area contributed by atoms with E-state index in [1.165, 1.54) is 7.11 Å². The van der Waals surface area contributed by atoms with Crippen LogP contribution in [-0.4, -0.2) is 7.11 Å². The summed E-state index contributed by atoms with van der Waals surface area (Å²) in [6.07, 6.45) is 0. The van der Waals surface area contributed by atoms with Gasteiger partial charge in [0.25, 0.3) is 0 Å². The van der Waals surface area contributed by atoms with E-state index in [1.807, 2.05) is 0 Å². The van der Waals surface area contributed by atoms with E-state index < -0.39 is 17.3 Å². The Kier molecular flexibility index (Phi) is 2.38. The summed E-state index contributed by atoms with van der Waals surface area (Å²) in [7, 11) is 1.26. The highest BCUT2D eigenvalue weighted by Crippen LogP contribution is 2.32. The molecule has 1 aromatic rings. The molecule has 0 saturated heterocycles. The standard InChI is InChI=1S/C7H6ClF2NO/c1-12-4-2-3(9)7(11)6(10)5(4)8/h2H,11H2,1H3. The van der Waals surface area contributed by atoms with Crippen molar-refractivity contribution >= 4 is 17.3 Å². The second kappa shape index (κ2) is 3.15. The lowest BCUT2D eigenvalue weighted by Gasteiger charge is -2.06. The molecule has 1 rings (SSSR count). The van der Waals surface area contributed by atoms with Gasteiger partial charge in [-0.2, -0.15) is 0 Å². The summed E-state index contributed by atoms with van der Waals surface area (Å²) in [6, 6.07) is 0.931. The van der Waals surface area contributed by atoms with E-state index in [0.29, 0.717) is 0 Å². The fraction of sp³-hybridized carbons (Fsp3) is 0.143. The maximum absolute atomic E-state index is 12.9. The fourth-order valence-electron chi connectivity index (χ4n) is 0.736. The van der Waals surface area contributed by atoms with Crippen LogP contribution in [0.5, 0.6) is 5.75 Å². The lowest BCUT2D eigenvalue weighted by molar-refractivity contribution is 0.407. The molecule has 0 spiro atoms. The Morgan fingerprint density at radius 3 is 2.58 bits per heavy atom. The molecule has 0 heterocycles. The number of anilines is 1. The van der Waals surface area contributed by atoms with Crippen LogP contribution >= 0.6 is 11.6 Å². The van der Waals surface area contributed by atoms with Crippen LogP contribution in [-0.2, 0) is 0 Å². The van der Waals surface area contributed by atoms with Crippen LogP contribution in [0.3, 0.4) is 0 Å². The molecule has 66 valence electrons. The third-order valence-electron chi connectivity index (χ3n) is 1.38. The minimum atomic E-state index is -0.992. The molecule has 2 nitrogen and oxygen atoms in total. The van der Waals surface area contributed by atoms with Gasteiger partial charge in [0.1, 0.15) is 16.5 Å². The van der Waals surface area contributed by atoms with E-state index in [4.69, 9.17) is 17.3 Å². The third-order valence-corrected chi connectivity index (χ3v) is 1.73. The molecule has 0 aliphatic heterocycles. The number of benzene rings is 1. The monoisotopic (exact) mass is 193 g/mol. The molecule has 12 heavy (non-hydrogen) atoms. The zero-order chi connectivity index (χ0) is 9.30. The van der Waals surface area contributed by atoms with Gasteiger partial charge >= 0.3 is 0 Å². The van der Waals surface area contributed by atoms with E-state index in [1.54, 1.807) is 0 Å². The minimum absolute atomic E-state index is 0.0686. The molecule has 0 radical (unpaired) electrons. The highest BCUT2D eigenvalue weighted by atomic mass is 35.5. The van der Waals surface area contributed by atoms with Crippen LogP contribution < -0.4 is 10.5 Å². The van der Waals surface area contributed by atoms with Crippen LogP contribution in [0.25, 0.3) is 0 Å². The summed E-state index contributed by atoms with van der Waals surface area (Å²) in [5.74, 6) is -1.94. The topological polar surface area (TPSA) is 35.2 Å². The molecule has 0 unspecified atom stereocenters. The second-order valence-electron chi connectivity index (χ2n) is 2.10. The summed E-state index contributed by atoms with van der Waals surface area (Å²) >= 11 is 5.42. The number of nitrogen functional groups attached to an aromatic ring is 1. The summed E-state index contributed by atoms with van der Waals surface area (Å²) < 4.78 is 30.2. The fourth-order valence-corrected chi connectivity index (χ4v) is 0.969. The number of methoxy groups -OCH3 is 1. The van der Waals surface area contributed by atoms with E-state index in [0.717, 1.165) is 6.07 Å². The summed E-state index contributed by atoms with van der Waals surface area (Å²) in [6.45, 7) is 0. The van der Waals surface area contributed by atoms with Gasteiger partial charge in [-0.25, -0.2) is 8.78 Å². The van der Waals surface area contributed by atoms with Crippen LogP contribution in [0.4, 0.5) is 14.5 Å². The van der Waals surface area contributed by atoms with Crippen molar-refractivity contribution in [2.45, 2.75) is 0 Å². The van der Waals surface area contributed by atoms with Crippen molar-refractivity contribution in [1.29, 1.82) is 0 Å². The van der Waals surface area contributed by atoms with Crippen molar-refractivity contribution in [3.05, 3.63) is 22.7 Å². The summed E-state index contributed by atoms with van der Waals surface area (Å²) in [4.78, 5) is 0. The first kappa shape index (κ1) is 9.06. The van der Waals surface area contributed by atoms with Gasteiger partial charge in [0.2, 0.25) is 0 Å². The average Bonchev–Trinajstić information content (AvgIpc) is 2.08. The maximum atomic E-state index is 12.9. The molecule has 0 aromatic heterocycles. The molecule has 1 aromatic carbocycles. The molecule has 0 bridgehead atoms. The van der Waals surface area contributed by atoms with Gasteiger partial charge in [-0.3, -0.25) is 0 Å². The van der Waals surface area contributed by atoms with Gasteiger partial charge in [-0.1, -0.05) is 11.6 Å². The quantitative estimate of drug-likeness (QED) is 0.548. The molecule has 5 heteroatoms. The molecule has 0 saturated carbocycles. The zero-order valence-corrected chi connectivity index (χ0v) is 6.95. The molecular weight excluding hydrogens is 188 g/mol. The van der Waals surface area contributed by atoms with Gasteiger partial charge < -0.3 is 10.5 Å².